The van der Waals surface area contributed by atoms with Crippen LogP contribution in [0.5, 0.6) is 0 Å². The highest BCUT2D eigenvalue weighted by Crippen LogP contribution is 2.33. The standard InChI is InChI=1S/C23H20FN5S/c24-16-9-10-20-18(13-16)19(14-28(20)12-4-11-25)22-26-27-23(30)29(22)21-8-3-6-15-5-1-2-7-17(15)21/h1-3,5-10,13-14H,4,11-12,25H2,(H,27,30). The van der Waals surface area contributed by atoms with Crippen LogP contribution < -0.4 is 5.73 Å². The van der Waals surface area contributed by atoms with Gasteiger partial charge < -0.3 is 10.3 Å². The fourth-order valence-electron chi connectivity index (χ4n) is 4.00. The van der Waals surface area contributed by atoms with Crippen molar-refractivity contribution < 1.29 is 4.39 Å². The van der Waals surface area contributed by atoms with Gasteiger partial charge in [0.05, 0.1) is 5.69 Å². The molecule has 150 valence electrons. The Kier molecular flexibility index (Phi) is 4.69. The number of rotatable bonds is 5. The Balaban J connectivity index is 1.79. The first-order chi connectivity index (χ1) is 14.7. The van der Waals surface area contributed by atoms with Crippen LogP contribution in [-0.4, -0.2) is 25.9 Å². The summed E-state index contributed by atoms with van der Waals surface area (Å²) in [6, 6.07) is 19.1. The maximum atomic E-state index is 14.1. The number of hydrogen-bond acceptors (Lipinski definition) is 3. The minimum atomic E-state index is -0.286. The van der Waals surface area contributed by atoms with Gasteiger partial charge in [0.1, 0.15) is 5.82 Å². The minimum absolute atomic E-state index is 0.286. The monoisotopic (exact) mass is 417 g/mol. The van der Waals surface area contributed by atoms with Crippen molar-refractivity contribution in [2.45, 2.75) is 13.0 Å². The van der Waals surface area contributed by atoms with Crippen molar-refractivity contribution in [3.8, 4) is 17.1 Å². The fraction of sp³-hybridized carbons (Fsp3) is 0.130. The Morgan fingerprint density at radius 1 is 1.03 bits per heavy atom. The molecule has 0 unspecified atom stereocenters. The van der Waals surface area contributed by atoms with Crippen LogP contribution in [0.4, 0.5) is 4.39 Å². The summed E-state index contributed by atoms with van der Waals surface area (Å²) >= 11 is 5.59. The Morgan fingerprint density at radius 3 is 2.73 bits per heavy atom. The Hall–Kier alpha value is -3.29. The lowest BCUT2D eigenvalue weighted by molar-refractivity contribution is 0.629. The molecule has 0 amide bonds. The van der Waals surface area contributed by atoms with E-state index in [0.29, 0.717) is 17.1 Å². The molecular formula is C23H20FN5S. The Labute approximate surface area is 177 Å². The number of aromatic amines is 1. The first kappa shape index (κ1) is 18.7. The lowest BCUT2D eigenvalue weighted by Crippen LogP contribution is -2.04. The number of aromatic nitrogens is 4. The smallest absolute Gasteiger partial charge is 0.200 e. The van der Waals surface area contributed by atoms with Crippen LogP contribution in [0.3, 0.4) is 0 Å². The second-order valence-electron chi connectivity index (χ2n) is 7.23. The van der Waals surface area contributed by atoms with Gasteiger partial charge in [-0.15, -0.1) is 0 Å². The molecule has 5 aromatic rings. The third-order valence-corrected chi connectivity index (χ3v) is 5.64. The average molecular weight is 418 g/mol. The SMILES string of the molecule is NCCCn1cc(-c2n[nH]c(=S)n2-c2cccc3ccccc23)c2cc(F)ccc21. The highest BCUT2D eigenvalue weighted by molar-refractivity contribution is 7.71. The van der Waals surface area contributed by atoms with Crippen molar-refractivity contribution in [1.82, 2.24) is 19.3 Å². The summed E-state index contributed by atoms with van der Waals surface area (Å²) < 4.78 is 18.7. The van der Waals surface area contributed by atoms with E-state index in [1.54, 1.807) is 12.1 Å². The van der Waals surface area contributed by atoms with E-state index in [1.165, 1.54) is 6.07 Å². The largest absolute Gasteiger partial charge is 0.347 e. The second kappa shape index (κ2) is 7.51. The van der Waals surface area contributed by atoms with Crippen molar-refractivity contribution in [3.63, 3.8) is 0 Å². The van der Waals surface area contributed by atoms with Gasteiger partial charge in [0.25, 0.3) is 0 Å². The first-order valence-electron chi connectivity index (χ1n) is 9.82. The average Bonchev–Trinajstić information content (AvgIpc) is 3.31. The molecule has 0 saturated carbocycles. The molecule has 0 aliphatic carbocycles. The van der Waals surface area contributed by atoms with E-state index < -0.39 is 0 Å². The molecule has 3 N–H and O–H groups in total. The normalized spacial score (nSPS) is 11.5. The van der Waals surface area contributed by atoms with Gasteiger partial charge in [-0.25, -0.2) is 4.39 Å². The fourth-order valence-corrected chi connectivity index (χ4v) is 4.23. The molecule has 0 aliphatic rings. The third kappa shape index (κ3) is 3.03. The van der Waals surface area contributed by atoms with Crippen LogP contribution in [0.25, 0.3) is 38.8 Å². The number of H-pyrrole nitrogens is 1. The van der Waals surface area contributed by atoms with E-state index in [1.807, 2.05) is 35.0 Å². The Morgan fingerprint density at radius 2 is 1.87 bits per heavy atom. The lowest BCUT2D eigenvalue weighted by atomic mass is 10.1. The molecule has 5 nitrogen and oxygen atoms in total. The number of benzene rings is 3. The maximum absolute atomic E-state index is 14.1. The molecule has 0 radical (unpaired) electrons. The van der Waals surface area contributed by atoms with Crippen molar-refractivity contribution in [2.75, 3.05) is 6.54 Å². The highest BCUT2D eigenvalue weighted by Gasteiger charge is 2.18. The molecule has 3 aromatic carbocycles. The van der Waals surface area contributed by atoms with Gasteiger partial charge in [-0.1, -0.05) is 36.4 Å². The minimum Gasteiger partial charge on any atom is -0.347 e. The molecule has 7 heteroatoms. The lowest BCUT2D eigenvalue weighted by Gasteiger charge is -2.10. The van der Waals surface area contributed by atoms with Crippen LogP contribution in [-0.2, 0) is 6.54 Å². The van der Waals surface area contributed by atoms with Crippen LogP contribution >= 0.6 is 12.2 Å². The molecule has 5 rings (SSSR count). The zero-order valence-electron chi connectivity index (χ0n) is 16.2. The molecule has 2 heterocycles. The maximum Gasteiger partial charge on any atom is 0.200 e. The van der Waals surface area contributed by atoms with Gasteiger partial charge in [0.2, 0.25) is 0 Å². The topological polar surface area (TPSA) is 64.6 Å². The van der Waals surface area contributed by atoms with Gasteiger partial charge in [0, 0.05) is 34.6 Å². The number of aryl methyl sites for hydroxylation is 1. The van der Waals surface area contributed by atoms with Crippen molar-refractivity contribution >= 4 is 33.9 Å². The Bertz CT molecular complexity index is 1420. The second-order valence-corrected chi connectivity index (χ2v) is 7.61. The van der Waals surface area contributed by atoms with Gasteiger partial charge in [0.15, 0.2) is 10.6 Å². The van der Waals surface area contributed by atoms with E-state index in [4.69, 9.17) is 18.0 Å². The van der Waals surface area contributed by atoms with Gasteiger partial charge in [-0.3, -0.25) is 9.67 Å². The summed E-state index contributed by atoms with van der Waals surface area (Å²) in [7, 11) is 0. The summed E-state index contributed by atoms with van der Waals surface area (Å²) in [4.78, 5) is 0. The molecule has 0 atom stereocenters. The van der Waals surface area contributed by atoms with E-state index in [2.05, 4.69) is 33.0 Å². The van der Waals surface area contributed by atoms with Gasteiger partial charge in [-0.2, -0.15) is 5.10 Å². The van der Waals surface area contributed by atoms with Crippen molar-refractivity contribution in [2.24, 2.45) is 5.73 Å². The predicted octanol–water partition coefficient (Wildman–Crippen LogP) is 5.19. The third-order valence-electron chi connectivity index (χ3n) is 5.37. The molecule has 0 spiro atoms. The van der Waals surface area contributed by atoms with E-state index in [-0.39, 0.29) is 5.82 Å². The van der Waals surface area contributed by atoms with Crippen molar-refractivity contribution in [3.05, 3.63) is 77.4 Å². The summed E-state index contributed by atoms with van der Waals surface area (Å²) in [6.07, 6.45) is 2.84. The molecular weight excluding hydrogens is 397 g/mol. The number of fused-ring (bicyclic) bond motifs is 2. The number of nitrogens with zero attached hydrogens (tertiary/aromatic N) is 3. The zero-order valence-corrected chi connectivity index (χ0v) is 17.0. The van der Waals surface area contributed by atoms with Gasteiger partial charge in [-0.05, 0) is 54.8 Å². The quantitative estimate of drug-likeness (QED) is 0.387. The number of halogens is 1. The van der Waals surface area contributed by atoms with E-state index in [9.17, 15) is 4.39 Å². The highest BCUT2D eigenvalue weighted by atomic mass is 32.1. The summed E-state index contributed by atoms with van der Waals surface area (Å²) in [6.45, 7) is 1.34. The number of hydrogen-bond donors (Lipinski definition) is 2. The molecule has 0 bridgehead atoms. The van der Waals surface area contributed by atoms with Crippen LogP contribution in [0, 0.1) is 10.6 Å². The summed E-state index contributed by atoms with van der Waals surface area (Å²) in [5.74, 6) is 0.365. The van der Waals surface area contributed by atoms with Crippen LogP contribution in [0.1, 0.15) is 6.42 Å². The van der Waals surface area contributed by atoms with E-state index in [0.717, 1.165) is 45.9 Å². The molecule has 0 fully saturated rings. The van der Waals surface area contributed by atoms with Crippen molar-refractivity contribution in [1.29, 1.82) is 0 Å². The number of nitrogens with one attached hydrogen (secondary N) is 1. The molecule has 0 saturated heterocycles. The summed E-state index contributed by atoms with van der Waals surface area (Å²) in [5.41, 5.74) is 8.41. The molecule has 0 aliphatic heterocycles. The van der Waals surface area contributed by atoms with E-state index >= 15 is 0 Å². The first-order valence-corrected chi connectivity index (χ1v) is 10.2. The predicted molar refractivity (Wildman–Crippen MR) is 121 cm³/mol. The summed E-state index contributed by atoms with van der Waals surface area (Å²) in [5, 5.41) is 10.4. The zero-order chi connectivity index (χ0) is 20.7. The molecule has 30 heavy (non-hydrogen) atoms. The van der Waals surface area contributed by atoms with Gasteiger partial charge >= 0.3 is 0 Å². The molecule has 2 aromatic heterocycles. The van der Waals surface area contributed by atoms with Crippen LogP contribution in [0.15, 0.2) is 66.9 Å². The number of nitrogens with two attached hydrogens (primary N) is 1. The van der Waals surface area contributed by atoms with Crippen LogP contribution in [0.2, 0.25) is 0 Å².